The van der Waals surface area contributed by atoms with Crippen molar-refractivity contribution in [2.45, 2.75) is 12.6 Å². The van der Waals surface area contributed by atoms with Crippen molar-refractivity contribution in [3.05, 3.63) is 66.0 Å². The van der Waals surface area contributed by atoms with E-state index in [2.05, 4.69) is 15.4 Å². The first-order chi connectivity index (χ1) is 13.0. The van der Waals surface area contributed by atoms with Gasteiger partial charge in [-0.2, -0.15) is 5.10 Å². The Bertz CT molecular complexity index is 916. The van der Waals surface area contributed by atoms with Crippen molar-refractivity contribution in [2.75, 3.05) is 14.2 Å². The van der Waals surface area contributed by atoms with Crippen molar-refractivity contribution in [1.82, 2.24) is 29.5 Å². The quantitative estimate of drug-likeness (QED) is 0.723. The van der Waals surface area contributed by atoms with Gasteiger partial charge < -0.3 is 19.5 Å². The summed E-state index contributed by atoms with van der Waals surface area (Å²) in [5, 5.41) is 7.22. The van der Waals surface area contributed by atoms with E-state index in [1.54, 1.807) is 36.1 Å². The summed E-state index contributed by atoms with van der Waals surface area (Å²) in [5.74, 6) is 1.47. The molecule has 0 aliphatic rings. The van der Waals surface area contributed by atoms with Crippen LogP contribution in [0.5, 0.6) is 5.75 Å². The summed E-state index contributed by atoms with van der Waals surface area (Å²) in [6.45, 7) is 0.463. The highest BCUT2D eigenvalue weighted by Gasteiger charge is 2.23. The van der Waals surface area contributed by atoms with Crippen LogP contribution >= 0.6 is 0 Å². The summed E-state index contributed by atoms with van der Waals surface area (Å²) in [5.41, 5.74) is 1.86. The fraction of sp³-hybridized carbons (Fsp3) is 0.316. The van der Waals surface area contributed by atoms with Gasteiger partial charge in [-0.25, -0.2) is 9.78 Å². The number of aromatic nitrogens is 4. The Morgan fingerprint density at radius 2 is 2.19 bits per heavy atom. The first-order valence-electron chi connectivity index (χ1n) is 8.58. The number of imidazole rings is 1. The van der Waals surface area contributed by atoms with Crippen LogP contribution in [0.4, 0.5) is 4.79 Å². The highest BCUT2D eigenvalue weighted by molar-refractivity contribution is 5.75. The maximum atomic E-state index is 12.8. The van der Waals surface area contributed by atoms with E-state index in [1.165, 1.54) is 0 Å². The highest BCUT2D eigenvalue weighted by atomic mass is 16.5. The second-order valence-electron chi connectivity index (χ2n) is 6.43. The van der Waals surface area contributed by atoms with Gasteiger partial charge in [-0.05, 0) is 17.7 Å². The number of amides is 2. The van der Waals surface area contributed by atoms with E-state index >= 15 is 0 Å². The van der Waals surface area contributed by atoms with Gasteiger partial charge >= 0.3 is 6.03 Å². The molecule has 27 heavy (non-hydrogen) atoms. The SMILES string of the molecule is COc1cccc(C(NC(=O)N(C)Cc2cnn(C)c2)c2nccn2C)c1. The molecule has 3 rings (SSSR count). The van der Waals surface area contributed by atoms with Crippen molar-refractivity contribution < 1.29 is 9.53 Å². The van der Waals surface area contributed by atoms with Gasteiger partial charge in [-0.15, -0.1) is 0 Å². The largest absolute Gasteiger partial charge is 0.497 e. The average Bonchev–Trinajstić information content (AvgIpc) is 3.27. The zero-order chi connectivity index (χ0) is 19.4. The number of urea groups is 1. The number of rotatable bonds is 6. The molecule has 0 fully saturated rings. The van der Waals surface area contributed by atoms with Crippen LogP contribution in [0.15, 0.2) is 49.1 Å². The lowest BCUT2D eigenvalue weighted by molar-refractivity contribution is 0.204. The van der Waals surface area contributed by atoms with Gasteiger partial charge in [-0.3, -0.25) is 4.68 Å². The first kappa shape index (κ1) is 18.5. The molecule has 8 heteroatoms. The number of ether oxygens (including phenoxy) is 1. The second-order valence-corrected chi connectivity index (χ2v) is 6.43. The van der Waals surface area contributed by atoms with Crippen molar-refractivity contribution >= 4 is 6.03 Å². The summed E-state index contributed by atoms with van der Waals surface area (Å²) in [6.07, 6.45) is 7.21. The van der Waals surface area contributed by atoms with Crippen LogP contribution in [0, 0.1) is 0 Å². The molecule has 0 radical (unpaired) electrons. The van der Waals surface area contributed by atoms with Crippen LogP contribution in [0.1, 0.15) is 23.0 Å². The normalized spacial score (nSPS) is 11.9. The van der Waals surface area contributed by atoms with E-state index in [-0.39, 0.29) is 6.03 Å². The Hall–Kier alpha value is -3.29. The number of aryl methyl sites for hydroxylation is 2. The number of methoxy groups -OCH3 is 1. The van der Waals surface area contributed by atoms with E-state index in [1.807, 2.05) is 55.3 Å². The molecule has 0 spiro atoms. The molecule has 2 aromatic heterocycles. The van der Waals surface area contributed by atoms with Crippen LogP contribution in [0.2, 0.25) is 0 Å². The Morgan fingerprint density at radius 3 is 2.81 bits per heavy atom. The number of benzene rings is 1. The van der Waals surface area contributed by atoms with Crippen molar-refractivity contribution in [2.24, 2.45) is 14.1 Å². The van der Waals surface area contributed by atoms with Crippen molar-refractivity contribution in [1.29, 1.82) is 0 Å². The molecule has 2 heterocycles. The first-order valence-corrected chi connectivity index (χ1v) is 8.58. The Balaban J connectivity index is 1.82. The Morgan fingerprint density at radius 1 is 1.37 bits per heavy atom. The molecule has 2 amide bonds. The zero-order valence-electron chi connectivity index (χ0n) is 16.0. The maximum Gasteiger partial charge on any atom is 0.318 e. The van der Waals surface area contributed by atoms with Gasteiger partial charge in [0.05, 0.1) is 19.9 Å². The predicted molar refractivity (Wildman–Crippen MR) is 101 cm³/mol. The van der Waals surface area contributed by atoms with E-state index in [4.69, 9.17) is 4.74 Å². The minimum atomic E-state index is -0.399. The van der Waals surface area contributed by atoms with E-state index in [9.17, 15) is 4.79 Å². The summed E-state index contributed by atoms with van der Waals surface area (Å²) in [7, 11) is 7.13. The molecule has 1 aromatic carbocycles. The number of nitrogens with zero attached hydrogens (tertiary/aromatic N) is 5. The fourth-order valence-corrected chi connectivity index (χ4v) is 2.91. The molecule has 0 saturated heterocycles. The minimum Gasteiger partial charge on any atom is -0.497 e. The highest BCUT2D eigenvalue weighted by Crippen LogP contribution is 2.24. The molecule has 0 aliphatic heterocycles. The number of carbonyl (C=O) groups excluding carboxylic acids is 1. The lowest BCUT2D eigenvalue weighted by atomic mass is 10.1. The van der Waals surface area contributed by atoms with Crippen LogP contribution < -0.4 is 10.1 Å². The molecule has 0 bridgehead atoms. The van der Waals surface area contributed by atoms with E-state index in [0.29, 0.717) is 6.54 Å². The fourth-order valence-electron chi connectivity index (χ4n) is 2.91. The number of hydrogen-bond acceptors (Lipinski definition) is 4. The number of hydrogen-bond donors (Lipinski definition) is 1. The summed E-state index contributed by atoms with van der Waals surface area (Å²) >= 11 is 0. The molecule has 1 atom stereocenters. The van der Waals surface area contributed by atoms with Crippen LogP contribution in [-0.2, 0) is 20.6 Å². The molecule has 1 N–H and O–H groups in total. The van der Waals surface area contributed by atoms with E-state index in [0.717, 1.165) is 22.7 Å². The summed E-state index contributed by atoms with van der Waals surface area (Å²) < 4.78 is 8.94. The Kier molecular flexibility index (Phi) is 5.44. The zero-order valence-corrected chi connectivity index (χ0v) is 16.0. The van der Waals surface area contributed by atoms with Crippen LogP contribution in [-0.4, -0.2) is 44.4 Å². The monoisotopic (exact) mass is 368 g/mol. The number of nitrogens with one attached hydrogen (secondary N) is 1. The summed E-state index contributed by atoms with van der Waals surface area (Å²) in [6, 6.07) is 7.02. The minimum absolute atomic E-state index is 0.199. The second kappa shape index (κ2) is 7.94. The molecule has 0 aliphatic carbocycles. The average molecular weight is 368 g/mol. The van der Waals surface area contributed by atoms with Crippen LogP contribution in [0.3, 0.4) is 0 Å². The lowest BCUT2D eigenvalue weighted by Crippen LogP contribution is -2.40. The smallest absolute Gasteiger partial charge is 0.318 e. The Labute approximate surface area is 158 Å². The third-order valence-corrected chi connectivity index (χ3v) is 4.34. The molecule has 8 nitrogen and oxygen atoms in total. The molecular weight excluding hydrogens is 344 g/mol. The van der Waals surface area contributed by atoms with Crippen molar-refractivity contribution in [3.8, 4) is 5.75 Å². The maximum absolute atomic E-state index is 12.8. The third kappa shape index (κ3) is 4.28. The van der Waals surface area contributed by atoms with Crippen molar-refractivity contribution in [3.63, 3.8) is 0 Å². The van der Waals surface area contributed by atoms with Crippen LogP contribution in [0.25, 0.3) is 0 Å². The van der Waals surface area contributed by atoms with Gasteiger partial charge in [-0.1, -0.05) is 12.1 Å². The molecule has 0 saturated carbocycles. The standard InChI is InChI=1S/C19H24N6O2/c1-23-9-8-20-18(23)17(15-6-5-7-16(10-15)27-4)22-19(26)24(2)12-14-11-21-25(3)13-14/h5-11,13,17H,12H2,1-4H3,(H,22,26). The van der Waals surface area contributed by atoms with Gasteiger partial charge in [0, 0.05) is 45.3 Å². The van der Waals surface area contributed by atoms with Gasteiger partial charge in [0.15, 0.2) is 0 Å². The molecule has 3 aromatic rings. The predicted octanol–water partition coefficient (Wildman–Crippen LogP) is 2.09. The lowest BCUT2D eigenvalue weighted by Gasteiger charge is -2.24. The molecule has 1 unspecified atom stereocenters. The van der Waals surface area contributed by atoms with E-state index < -0.39 is 6.04 Å². The molecule has 142 valence electrons. The van der Waals surface area contributed by atoms with Gasteiger partial charge in [0.1, 0.15) is 17.6 Å². The molecular formula is C19H24N6O2. The van der Waals surface area contributed by atoms with Gasteiger partial charge in [0.2, 0.25) is 0 Å². The van der Waals surface area contributed by atoms with Gasteiger partial charge in [0.25, 0.3) is 0 Å². The third-order valence-electron chi connectivity index (χ3n) is 4.34. The summed E-state index contributed by atoms with van der Waals surface area (Å²) in [4.78, 5) is 18.9. The number of carbonyl (C=O) groups is 1. The topological polar surface area (TPSA) is 77.2 Å².